The van der Waals surface area contributed by atoms with E-state index in [1.165, 1.54) is 0 Å². The second-order valence-electron chi connectivity index (χ2n) is 3.61. The predicted molar refractivity (Wildman–Crippen MR) is 73.0 cm³/mol. The molecule has 0 spiro atoms. The molecule has 0 amide bonds. The van der Waals surface area contributed by atoms with Crippen molar-refractivity contribution in [3.05, 3.63) is 11.8 Å². The summed E-state index contributed by atoms with van der Waals surface area (Å²) in [4.78, 5) is 8.52. The van der Waals surface area contributed by atoms with Crippen LogP contribution in [0.3, 0.4) is 0 Å². The van der Waals surface area contributed by atoms with Crippen molar-refractivity contribution in [2.24, 2.45) is 0 Å². The maximum Gasteiger partial charge on any atom is 0.224 e. The predicted octanol–water partition coefficient (Wildman–Crippen LogP) is 1.40. The Morgan fingerprint density at radius 2 is 2.12 bits per heavy atom. The fourth-order valence-corrected chi connectivity index (χ4v) is 1.91. The average molecular weight is 256 g/mol. The summed E-state index contributed by atoms with van der Waals surface area (Å²) in [6, 6.07) is 0. The van der Waals surface area contributed by atoms with Crippen molar-refractivity contribution in [1.29, 1.82) is 0 Å². The van der Waals surface area contributed by atoms with E-state index in [2.05, 4.69) is 20.6 Å². The van der Waals surface area contributed by atoms with Crippen LogP contribution >= 0.6 is 0 Å². The van der Waals surface area contributed by atoms with Crippen LogP contribution in [0.1, 0.15) is 19.4 Å². The minimum Gasteiger partial charge on any atom is -0.369 e. The van der Waals surface area contributed by atoms with Crippen LogP contribution < -0.4 is 10.6 Å². The first kappa shape index (κ1) is 13.9. The van der Waals surface area contributed by atoms with Gasteiger partial charge in [-0.15, -0.1) is 0 Å². The molecule has 0 fully saturated rings. The summed E-state index contributed by atoms with van der Waals surface area (Å²) in [5, 5.41) is 6.26. The zero-order valence-corrected chi connectivity index (χ0v) is 11.4. The van der Waals surface area contributed by atoms with Gasteiger partial charge in [-0.1, -0.05) is 6.92 Å². The molecule has 1 unspecified atom stereocenters. The molecule has 0 aliphatic carbocycles. The smallest absolute Gasteiger partial charge is 0.224 e. The fourth-order valence-electron chi connectivity index (χ4n) is 1.29. The summed E-state index contributed by atoms with van der Waals surface area (Å²) in [5.41, 5.74) is 0.994. The van der Waals surface area contributed by atoms with Gasteiger partial charge in [0.1, 0.15) is 5.82 Å². The maximum atomic E-state index is 11.3. The van der Waals surface area contributed by atoms with Gasteiger partial charge in [-0.2, -0.15) is 4.98 Å². The lowest BCUT2D eigenvalue weighted by Gasteiger charge is -2.09. The van der Waals surface area contributed by atoms with E-state index in [0.29, 0.717) is 24.0 Å². The molecule has 1 aromatic heterocycles. The van der Waals surface area contributed by atoms with Crippen molar-refractivity contribution in [3.63, 3.8) is 0 Å². The molecule has 0 bridgehead atoms. The SMILES string of the molecule is CCNc1ncc(C)c(NCCS(=O)CC)n1. The fraction of sp³-hybridized carbons (Fsp3) is 0.636. The van der Waals surface area contributed by atoms with Crippen LogP contribution in [0.4, 0.5) is 11.8 Å². The van der Waals surface area contributed by atoms with Crippen molar-refractivity contribution in [2.75, 3.05) is 35.2 Å². The molecular formula is C11H20N4OS. The molecule has 5 nitrogen and oxygen atoms in total. The number of aromatic nitrogens is 2. The Morgan fingerprint density at radius 3 is 2.76 bits per heavy atom. The van der Waals surface area contributed by atoms with Crippen LogP contribution in [-0.2, 0) is 10.8 Å². The van der Waals surface area contributed by atoms with Gasteiger partial charge < -0.3 is 10.6 Å². The summed E-state index contributed by atoms with van der Waals surface area (Å²) in [6.45, 7) is 7.34. The number of hydrogen-bond acceptors (Lipinski definition) is 5. The topological polar surface area (TPSA) is 66.9 Å². The van der Waals surface area contributed by atoms with Gasteiger partial charge >= 0.3 is 0 Å². The van der Waals surface area contributed by atoms with E-state index in [-0.39, 0.29) is 0 Å². The molecule has 0 aliphatic rings. The van der Waals surface area contributed by atoms with E-state index in [9.17, 15) is 4.21 Å². The van der Waals surface area contributed by atoms with Crippen LogP contribution in [-0.4, -0.2) is 38.8 Å². The van der Waals surface area contributed by atoms with Gasteiger partial charge in [-0.3, -0.25) is 4.21 Å². The van der Waals surface area contributed by atoms with Crippen LogP contribution in [0, 0.1) is 6.92 Å². The highest BCUT2D eigenvalue weighted by molar-refractivity contribution is 7.84. The summed E-state index contributed by atoms with van der Waals surface area (Å²) in [7, 11) is -0.738. The third-order valence-electron chi connectivity index (χ3n) is 2.25. The summed E-state index contributed by atoms with van der Waals surface area (Å²) >= 11 is 0. The average Bonchev–Trinajstić information content (AvgIpc) is 2.33. The molecule has 1 heterocycles. The van der Waals surface area contributed by atoms with Crippen LogP contribution in [0.25, 0.3) is 0 Å². The van der Waals surface area contributed by atoms with Crippen LogP contribution in [0.5, 0.6) is 0 Å². The molecule has 1 atom stereocenters. The Kier molecular flexibility index (Phi) is 5.90. The Bertz CT molecular complexity index is 384. The molecule has 1 aromatic rings. The Balaban J connectivity index is 2.56. The highest BCUT2D eigenvalue weighted by atomic mass is 32.2. The minimum atomic E-state index is -0.738. The number of nitrogens with zero attached hydrogens (tertiary/aromatic N) is 2. The molecule has 1 rings (SSSR count). The lowest BCUT2D eigenvalue weighted by Crippen LogP contribution is -2.14. The molecule has 0 aliphatic heterocycles. The third kappa shape index (κ3) is 4.68. The summed E-state index contributed by atoms with van der Waals surface area (Å²) in [6.07, 6.45) is 1.78. The normalized spacial score (nSPS) is 12.2. The lowest BCUT2D eigenvalue weighted by molar-refractivity contribution is 0.684. The second-order valence-corrected chi connectivity index (χ2v) is 5.48. The highest BCUT2D eigenvalue weighted by Gasteiger charge is 2.03. The number of hydrogen-bond donors (Lipinski definition) is 2. The van der Waals surface area contributed by atoms with E-state index in [4.69, 9.17) is 0 Å². The molecule has 96 valence electrons. The number of nitrogens with one attached hydrogen (secondary N) is 2. The van der Waals surface area contributed by atoms with Gasteiger partial charge in [0.2, 0.25) is 5.95 Å². The number of rotatable bonds is 7. The first-order chi connectivity index (χ1) is 8.17. The first-order valence-corrected chi connectivity index (χ1v) is 7.32. The summed E-state index contributed by atoms with van der Waals surface area (Å²) in [5.74, 6) is 2.78. The largest absolute Gasteiger partial charge is 0.369 e. The summed E-state index contributed by atoms with van der Waals surface area (Å²) < 4.78 is 11.3. The van der Waals surface area contributed by atoms with Crippen molar-refractivity contribution in [2.45, 2.75) is 20.8 Å². The van der Waals surface area contributed by atoms with Gasteiger partial charge in [-0.05, 0) is 13.8 Å². The van der Waals surface area contributed by atoms with Crippen molar-refractivity contribution >= 4 is 22.6 Å². The molecule has 0 radical (unpaired) electrons. The first-order valence-electron chi connectivity index (χ1n) is 5.83. The molecular weight excluding hydrogens is 236 g/mol. The Morgan fingerprint density at radius 1 is 1.35 bits per heavy atom. The second kappa shape index (κ2) is 7.21. The molecule has 17 heavy (non-hydrogen) atoms. The van der Waals surface area contributed by atoms with Crippen LogP contribution in [0.15, 0.2) is 6.20 Å². The van der Waals surface area contributed by atoms with Crippen molar-refractivity contribution in [3.8, 4) is 0 Å². The van der Waals surface area contributed by atoms with E-state index in [0.717, 1.165) is 17.9 Å². The van der Waals surface area contributed by atoms with Crippen molar-refractivity contribution in [1.82, 2.24) is 9.97 Å². The standard InChI is InChI=1S/C11H20N4OS/c1-4-12-11-14-8-9(3)10(15-11)13-6-7-17(16)5-2/h8H,4-7H2,1-3H3,(H2,12,13,14,15). The van der Waals surface area contributed by atoms with Gasteiger partial charge in [-0.25, -0.2) is 4.98 Å². The molecule has 0 saturated carbocycles. The zero-order valence-electron chi connectivity index (χ0n) is 10.6. The van der Waals surface area contributed by atoms with Gasteiger partial charge in [0, 0.05) is 47.2 Å². The number of aryl methyl sites for hydroxylation is 1. The van der Waals surface area contributed by atoms with Crippen LogP contribution in [0.2, 0.25) is 0 Å². The highest BCUT2D eigenvalue weighted by Crippen LogP contribution is 2.11. The van der Waals surface area contributed by atoms with E-state index < -0.39 is 10.8 Å². The monoisotopic (exact) mass is 256 g/mol. The third-order valence-corrected chi connectivity index (χ3v) is 3.55. The van der Waals surface area contributed by atoms with Gasteiger partial charge in [0.15, 0.2) is 0 Å². The zero-order chi connectivity index (χ0) is 12.7. The van der Waals surface area contributed by atoms with Crippen molar-refractivity contribution < 1.29 is 4.21 Å². The van der Waals surface area contributed by atoms with Gasteiger partial charge in [0.25, 0.3) is 0 Å². The quantitative estimate of drug-likeness (QED) is 0.772. The minimum absolute atomic E-state index is 0.622. The number of anilines is 2. The molecule has 0 saturated heterocycles. The van der Waals surface area contributed by atoms with Gasteiger partial charge in [0.05, 0.1) is 0 Å². The Hall–Kier alpha value is -1.17. The molecule has 2 N–H and O–H groups in total. The maximum absolute atomic E-state index is 11.3. The van der Waals surface area contributed by atoms with E-state index >= 15 is 0 Å². The Labute approximate surface area is 105 Å². The molecule has 0 aromatic carbocycles. The molecule has 6 heteroatoms. The lowest BCUT2D eigenvalue weighted by atomic mass is 10.3. The van der Waals surface area contributed by atoms with E-state index in [1.54, 1.807) is 6.20 Å². The van der Waals surface area contributed by atoms with E-state index in [1.807, 2.05) is 20.8 Å².